The summed E-state index contributed by atoms with van der Waals surface area (Å²) in [5, 5.41) is 15.1. The van der Waals surface area contributed by atoms with E-state index in [1.54, 1.807) is 4.68 Å². The number of aryl methyl sites for hydroxylation is 1. The van der Waals surface area contributed by atoms with E-state index in [1.165, 1.54) is 6.42 Å². The first kappa shape index (κ1) is 11.6. The number of rotatable bonds is 1. The molecule has 0 amide bonds. The van der Waals surface area contributed by atoms with E-state index >= 15 is 0 Å². The Morgan fingerprint density at radius 3 is 2.62 bits per heavy atom. The van der Waals surface area contributed by atoms with E-state index in [9.17, 15) is 5.11 Å². The van der Waals surface area contributed by atoms with E-state index in [0.29, 0.717) is 5.41 Å². The molecule has 1 atom stereocenters. The molecule has 1 aromatic rings. The predicted octanol–water partition coefficient (Wildman–Crippen LogP) is 2.60. The van der Waals surface area contributed by atoms with E-state index in [0.717, 1.165) is 31.4 Å². The minimum atomic E-state index is -0.699. The van der Waals surface area contributed by atoms with Crippen LogP contribution in [0.3, 0.4) is 0 Å². The Balaban J connectivity index is 2.19. The maximum atomic E-state index is 10.7. The van der Waals surface area contributed by atoms with Crippen molar-refractivity contribution in [1.29, 1.82) is 0 Å². The highest BCUT2D eigenvalue weighted by Crippen LogP contribution is 2.42. The molecular weight excluding hydrogens is 200 g/mol. The van der Waals surface area contributed by atoms with Crippen LogP contribution in [0.25, 0.3) is 0 Å². The fourth-order valence-corrected chi connectivity index (χ4v) is 2.57. The topological polar surface area (TPSA) is 38.0 Å². The molecule has 0 aromatic carbocycles. The van der Waals surface area contributed by atoms with Crippen molar-refractivity contribution in [2.45, 2.75) is 51.6 Å². The largest absolute Gasteiger partial charge is 0.383 e. The summed E-state index contributed by atoms with van der Waals surface area (Å²) in [6.45, 7) is 4.58. The van der Waals surface area contributed by atoms with E-state index in [2.05, 4.69) is 18.9 Å². The summed E-state index contributed by atoms with van der Waals surface area (Å²) in [4.78, 5) is 0. The Bertz CT molecular complexity index is 370. The molecule has 1 aliphatic rings. The highest BCUT2D eigenvalue weighted by Gasteiger charge is 2.36. The summed E-state index contributed by atoms with van der Waals surface area (Å²) >= 11 is 0. The first-order valence-electron chi connectivity index (χ1n) is 6.14. The molecule has 90 valence electrons. The average molecular weight is 222 g/mol. The minimum absolute atomic E-state index is 0.360. The Labute approximate surface area is 97.5 Å². The van der Waals surface area contributed by atoms with Gasteiger partial charge in [0.1, 0.15) is 5.60 Å². The van der Waals surface area contributed by atoms with Crippen molar-refractivity contribution in [2.24, 2.45) is 12.5 Å². The summed E-state index contributed by atoms with van der Waals surface area (Å²) < 4.78 is 1.77. The number of hydrogen-bond donors (Lipinski definition) is 1. The maximum Gasteiger partial charge on any atom is 0.108 e. The van der Waals surface area contributed by atoms with Gasteiger partial charge in [-0.3, -0.25) is 4.68 Å². The lowest BCUT2D eigenvalue weighted by Crippen LogP contribution is -2.26. The predicted molar refractivity (Wildman–Crippen MR) is 64.0 cm³/mol. The smallest absolute Gasteiger partial charge is 0.108 e. The number of aromatic nitrogens is 2. The van der Waals surface area contributed by atoms with Gasteiger partial charge >= 0.3 is 0 Å². The SMILES string of the molecule is Cn1ccc(C2(O)CCCC(C)(C)CC2)n1. The molecule has 1 unspecified atom stereocenters. The fourth-order valence-electron chi connectivity index (χ4n) is 2.57. The van der Waals surface area contributed by atoms with Crippen LogP contribution in [0.1, 0.15) is 51.6 Å². The average Bonchev–Trinajstić information content (AvgIpc) is 2.57. The summed E-state index contributed by atoms with van der Waals surface area (Å²) in [7, 11) is 1.90. The molecule has 0 bridgehead atoms. The Kier molecular flexibility index (Phi) is 2.82. The van der Waals surface area contributed by atoms with Crippen molar-refractivity contribution >= 4 is 0 Å². The Morgan fingerprint density at radius 1 is 1.25 bits per heavy atom. The molecular formula is C13H22N2O. The van der Waals surface area contributed by atoms with Crippen LogP contribution in [-0.4, -0.2) is 14.9 Å². The van der Waals surface area contributed by atoms with E-state index < -0.39 is 5.60 Å². The zero-order chi connectivity index (χ0) is 11.8. The molecule has 1 saturated carbocycles. The van der Waals surface area contributed by atoms with Gasteiger partial charge in [0.2, 0.25) is 0 Å². The molecule has 0 spiro atoms. The van der Waals surface area contributed by atoms with Crippen LogP contribution < -0.4 is 0 Å². The van der Waals surface area contributed by atoms with Gasteiger partial charge in [-0.2, -0.15) is 5.10 Å². The molecule has 0 radical (unpaired) electrons. The van der Waals surface area contributed by atoms with E-state index in [1.807, 2.05) is 19.3 Å². The van der Waals surface area contributed by atoms with Gasteiger partial charge in [-0.25, -0.2) is 0 Å². The van der Waals surface area contributed by atoms with Gasteiger partial charge in [-0.05, 0) is 43.6 Å². The molecule has 1 fully saturated rings. The number of aliphatic hydroxyl groups is 1. The third-order valence-electron chi connectivity index (χ3n) is 3.85. The third kappa shape index (κ3) is 2.29. The van der Waals surface area contributed by atoms with Gasteiger partial charge < -0.3 is 5.11 Å². The van der Waals surface area contributed by atoms with Crippen molar-refractivity contribution < 1.29 is 5.11 Å². The second-order valence-corrected chi connectivity index (χ2v) is 5.92. The van der Waals surface area contributed by atoms with Crippen LogP contribution in [0.2, 0.25) is 0 Å². The molecule has 0 saturated heterocycles. The number of hydrogen-bond acceptors (Lipinski definition) is 2. The van der Waals surface area contributed by atoms with Crippen molar-refractivity contribution in [3.05, 3.63) is 18.0 Å². The van der Waals surface area contributed by atoms with Crippen LogP contribution >= 0.6 is 0 Å². The van der Waals surface area contributed by atoms with E-state index in [-0.39, 0.29) is 0 Å². The minimum Gasteiger partial charge on any atom is -0.383 e. The third-order valence-corrected chi connectivity index (χ3v) is 3.85. The van der Waals surface area contributed by atoms with Gasteiger partial charge in [-0.1, -0.05) is 13.8 Å². The molecule has 3 heteroatoms. The Morgan fingerprint density at radius 2 is 2.00 bits per heavy atom. The van der Waals surface area contributed by atoms with Crippen LogP contribution in [0.5, 0.6) is 0 Å². The first-order valence-corrected chi connectivity index (χ1v) is 6.14. The summed E-state index contributed by atoms with van der Waals surface area (Å²) in [5.41, 5.74) is 0.501. The first-order chi connectivity index (χ1) is 7.41. The van der Waals surface area contributed by atoms with Gasteiger partial charge in [0.25, 0.3) is 0 Å². The van der Waals surface area contributed by atoms with Crippen molar-refractivity contribution in [3.8, 4) is 0 Å². The maximum absolute atomic E-state index is 10.7. The zero-order valence-corrected chi connectivity index (χ0v) is 10.5. The molecule has 1 aliphatic carbocycles. The monoisotopic (exact) mass is 222 g/mol. The van der Waals surface area contributed by atoms with Crippen molar-refractivity contribution in [2.75, 3.05) is 0 Å². The summed E-state index contributed by atoms with van der Waals surface area (Å²) in [6, 6.07) is 1.94. The molecule has 2 rings (SSSR count). The van der Waals surface area contributed by atoms with Gasteiger partial charge in [-0.15, -0.1) is 0 Å². The lowest BCUT2D eigenvalue weighted by atomic mass is 9.84. The molecule has 1 aromatic heterocycles. The highest BCUT2D eigenvalue weighted by molar-refractivity contribution is 5.11. The normalized spacial score (nSPS) is 30.0. The van der Waals surface area contributed by atoms with Crippen LogP contribution in [0.4, 0.5) is 0 Å². The van der Waals surface area contributed by atoms with Crippen LogP contribution in [0.15, 0.2) is 12.3 Å². The molecule has 1 heterocycles. The molecule has 1 N–H and O–H groups in total. The molecule has 3 nitrogen and oxygen atoms in total. The van der Waals surface area contributed by atoms with Crippen LogP contribution in [0, 0.1) is 5.41 Å². The molecule has 16 heavy (non-hydrogen) atoms. The fraction of sp³-hybridized carbons (Fsp3) is 0.769. The van der Waals surface area contributed by atoms with Gasteiger partial charge in [0, 0.05) is 13.2 Å². The quantitative estimate of drug-likeness (QED) is 0.742. The van der Waals surface area contributed by atoms with Crippen molar-refractivity contribution in [1.82, 2.24) is 9.78 Å². The lowest BCUT2D eigenvalue weighted by molar-refractivity contribution is 0.0133. The summed E-state index contributed by atoms with van der Waals surface area (Å²) in [6.07, 6.45) is 6.93. The standard InChI is InChI=1S/C13H22N2O/c1-12(2)6-4-7-13(16,9-8-12)11-5-10-15(3)14-11/h5,10,16H,4,6-9H2,1-3H3. The van der Waals surface area contributed by atoms with Crippen LogP contribution in [-0.2, 0) is 12.6 Å². The highest BCUT2D eigenvalue weighted by atomic mass is 16.3. The van der Waals surface area contributed by atoms with Gasteiger partial charge in [0.05, 0.1) is 5.69 Å². The molecule has 0 aliphatic heterocycles. The van der Waals surface area contributed by atoms with Crippen molar-refractivity contribution in [3.63, 3.8) is 0 Å². The second kappa shape index (κ2) is 3.88. The van der Waals surface area contributed by atoms with Gasteiger partial charge in [0.15, 0.2) is 0 Å². The van der Waals surface area contributed by atoms with E-state index in [4.69, 9.17) is 0 Å². The Hall–Kier alpha value is -0.830. The second-order valence-electron chi connectivity index (χ2n) is 5.92. The summed E-state index contributed by atoms with van der Waals surface area (Å²) in [5.74, 6) is 0. The number of nitrogens with zero attached hydrogens (tertiary/aromatic N) is 2. The zero-order valence-electron chi connectivity index (χ0n) is 10.5. The lowest BCUT2D eigenvalue weighted by Gasteiger charge is -2.26.